The van der Waals surface area contributed by atoms with Crippen LogP contribution < -0.4 is 11.1 Å². The van der Waals surface area contributed by atoms with Crippen LogP contribution in [0.2, 0.25) is 0 Å². The third-order valence-corrected chi connectivity index (χ3v) is 4.11. The maximum absolute atomic E-state index is 11.8. The highest BCUT2D eigenvalue weighted by atomic mass is 16.1. The van der Waals surface area contributed by atoms with Crippen LogP contribution in [0.4, 0.5) is 0 Å². The van der Waals surface area contributed by atoms with Crippen LogP contribution in [0.1, 0.15) is 38.5 Å². The van der Waals surface area contributed by atoms with Crippen molar-refractivity contribution in [3.63, 3.8) is 0 Å². The Labute approximate surface area is 114 Å². The van der Waals surface area contributed by atoms with E-state index >= 15 is 0 Å². The Morgan fingerprint density at radius 1 is 1.42 bits per heavy atom. The largest absolute Gasteiger partial charge is 0.356 e. The molecule has 1 fully saturated rings. The van der Waals surface area contributed by atoms with Crippen molar-refractivity contribution in [3.8, 4) is 0 Å². The lowest BCUT2D eigenvalue weighted by atomic mass is 9.66. The van der Waals surface area contributed by atoms with Gasteiger partial charge in [0.15, 0.2) is 0 Å². The van der Waals surface area contributed by atoms with Crippen molar-refractivity contribution >= 4 is 5.91 Å². The molecular formula is C14H24N4O. The molecule has 1 aromatic rings. The van der Waals surface area contributed by atoms with Crippen molar-refractivity contribution in [1.29, 1.82) is 0 Å². The average molecular weight is 264 g/mol. The van der Waals surface area contributed by atoms with E-state index in [9.17, 15) is 4.79 Å². The number of rotatable bonds is 8. The molecule has 0 unspecified atom stereocenters. The van der Waals surface area contributed by atoms with Crippen LogP contribution in [0.5, 0.6) is 0 Å². The number of carbonyl (C=O) groups is 1. The minimum absolute atomic E-state index is 0.112. The van der Waals surface area contributed by atoms with Gasteiger partial charge < -0.3 is 15.6 Å². The molecular weight excluding hydrogens is 240 g/mol. The predicted octanol–water partition coefficient (Wildman–Crippen LogP) is 1.30. The maximum atomic E-state index is 11.8. The number of aromatic nitrogens is 2. The van der Waals surface area contributed by atoms with E-state index in [1.54, 1.807) is 6.20 Å². The molecule has 0 spiro atoms. The summed E-state index contributed by atoms with van der Waals surface area (Å²) in [7, 11) is 0. The molecule has 3 N–H and O–H groups in total. The van der Waals surface area contributed by atoms with E-state index in [-0.39, 0.29) is 11.3 Å². The van der Waals surface area contributed by atoms with Crippen LogP contribution in [-0.2, 0) is 11.3 Å². The number of nitrogens with zero attached hydrogens (tertiary/aromatic N) is 2. The van der Waals surface area contributed by atoms with Gasteiger partial charge in [0, 0.05) is 31.9 Å². The van der Waals surface area contributed by atoms with Crippen LogP contribution in [0.15, 0.2) is 18.7 Å². The summed E-state index contributed by atoms with van der Waals surface area (Å²) in [6, 6.07) is 0. The highest BCUT2D eigenvalue weighted by Crippen LogP contribution is 2.42. The number of unbranched alkanes of at least 4 members (excludes halogenated alkanes) is 1. The second kappa shape index (κ2) is 6.70. The fraction of sp³-hybridized carbons (Fsp3) is 0.714. The lowest BCUT2D eigenvalue weighted by molar-refractivity contribution is -0.124. The quantitative estimate of drug-likeness (QED) is 0.695. The van der Waals surface area contributed by atoms with Gasteiger partial charge in [-0.2, -0.15) is 0 Å². The molecule has 0 atom stereocenters. The first-order valence-corrected chi connectivity index (χ1v) is 7.17. The van der Waals surface area contributed by atoms with Crippen molar-refractivity contribution < 1.29 is 4.79 Å². The average Bonchev–Trinajstić information content (AvgIpc) is 2.86. The Kier molecular flexibility index (Phi) is 4.96. The molecule has 0 aliphatic heterocycles. The van der Waals surface area contributed by atoms with Gasteiger partial charge in [-0.3, -0.25) is 4.79 Å². The monoisotopic (exact) mass is 264 g/mol. The Morgan fingerprint density at radius 3 is 2.84 bits per heavy atom. The lowest BCUT2D eigenvalue weighted by Crippen LogP contribution is -2.42. The van der Waals surface area contributed by atoms with Gasteiger partial charge in [0.1, 0.15) is 0 Å². The van der Waals surface area contributed by atoms with Gasteiger partial charge in [-0.25, -0.2) is 4.98 Å². The second-order valence-corrected chi connectivity index (χ2v) is 5.59. The summed E-state index contributed by atoms with van der Waals surface area (Å²) < 4.78 is 2.06. The van der Waals surface area contributed by atoms with Crippen molar-refractivity contribution in [2.75, 3.05) is 13.1 Å². The summed E-state index contributed by atoms with van der Waals surface area (Å²) >= 11 is 0. The molecule has 1 aliphatic rings. The van der Waals surface area contributed by atoms with E-state index in [0.29, 0.717) is 13.0 Å². The Bertz CT molecular complexity index is 379. The van der Waals surface area contributed by atoms with Crippen LogP contribution in [0, 0.1) is 5.41 Å². The summed E-state index contributed by atoms with van der Waals surface area (Å²) in [6.45, 7) is 2.36. The maximum Gasteiger partial charge on any atom is 0.220 e. The molecule has 1 saturated carbocycles. The highest BCUT2D eigenvalue weighted by molar-refractivity contribution is 5.76. The van der Waals surface area contributed by atoms with Crippen molar-refractivity contribution in [2.45, 2.75) is 45.1 Å². The fourth-order valence-corrected chi connectivity index (χ4v) is 2.60. The standard InChI is InChI=1S/C14H24N4O/c15-11-14(4-3-5-14)10-13(19)17-6-1-2-8-18-9-7-16-12-18/h7,9,12H,1-6,8,10-11,15H2,(H,17,19). The minimum Gasteiger partial charge on any atom is -0.356 e. The summed E-state index contributed by atoms with van der Waals surface area (Å²) in [4.78, 5) is 15.8. The number of hydrogen-bond donors (Lipinski definition) is 2. The number of amides is 1. The highest BCUT2D eigenvalue weighted by Gasteiger charge is 2.37. The van der Waals surface area contributed by atoms with E-state index in [4.69, 9.17) is 5.73 Å². The molecule has 0 bridgehead atoms. The molecule has 0 radical (unpaired) electrons. The van der Waals surface area contributed by atoms with E-state index < -0.39 is 0 Å². The van der Waals surface area contributed by atoms with Gasteiger partial charge in [0.05, 0.1) is 6.33 Å². The van der Waals surface area contributed by atoms with Gasteiger partial charge in [-0.05, 0) is 37.6 Å². The molecule has 2 rings (SSSR count). The molecule has 1 aromatic heterocycles. The van der Waals surface area contributed by atoms with Crippen LogP contribution in [0.3, 0.4) is 0 Å². The number of nitrogens with one attached hydrogen (secondary N) is 1. The zero-order chi connectivity index (χ0) is 13.6. The fourth-order valence-electron chi connectivity index (χ4n) is 2.60. The molecule has 0 saturated heterocycles. The minimum atomic E-state index is 0.112. The SMILES string of the molecule is NCC1(CC(=O)NCCCCn2ccnc2)CCC1. The van der Waals surface area contributed by atoms with E-state index in [2.05, 4.69) is 14.9 Å². The smallest absolute Gasteiger partial charge is 0.220 e. The van der Waals surface area contributed by atoms with Gasteiger partial charge in [-0.15, -0.1) is 0 Å². The van der Waals surface area contributed by atoms with Gasteiger partial charge in [0.2, 0.25) is 5.91 Å². The first-order valence-electron chi connectivity index (χ1n) is 7.17. The summed E-state index contributed by atoms with van der Waals surface area (Å²) in [5.74, 6) is 0.160. The van der Waals surface area contributed by atoms with E-state index in [1.165, 1.54) is 6.42 Å². The summed E-state index contributed by atoms with van der Waals surface area (Å²) in [6.07, 6.45) is 11.7. The molecule has 106 valence electrons. The molecule has 5 heteroatoms. The Balaban J connectivity index is 1.54. The third kappa shape index (κ3) is 4.06. The zero-order valence-electron chi connectivity index (χ0n) is 11.5. The van der Waals surface area contributed by atoms with E-state index in [1.807, 2.05) is 12.5 Å². The number of aryl methyl sites for hydroxylation is 1. The summed E-state index contributed by atoms with van der Waals surface area (Å²) in [5.41, 5.74) is 5.87. The van der Waals surface area contributed by atoms with Crippen molar-refractivity contribution in [3.05, 3.63) is 18.7 Å². The van der Waals surface area contributed by atoms with E-state index in [0.717, 1.165) is 38.8 Å². The van der Waals surface area contributed by atoms with Crippen molar-refractivity contribution in [1.82, 2.24) is 14.9 Å². The number of nitrogens with two attached hydrogens (primary N) is 1. The first-order chi connectivity index (χ1) is 9.24. The third-order valence-electron chi connectivity index (χ3n) is 4.11. The molecule has 1 aliphatic carbocycles. The van der Waals surface area contributed by atoms with Gasteiger partial charge >= 0.3 is 0 Å². The predicted molar refractivity (Wildman–Crippen MR) is 74.4 cm³/mol. The van der Waals surface area contributed by atoms with Crippen LogP contribution >= 0.6 is 0 Å². The molecule has 19 heavy (non-hydrogen) atoms. The summed E-state index contributed by atoms with van der Waals surface area (Å²) in [5, 5.41) is 3.00. The molecule has 5 nitrogen and oxygen atoms in total. The normalized spacial score (nSPS) is 16.9. The van der Waals surface area contributed by atoms with Crippen LogP contribution in [-0.4, -0.2) is 28.5 Å². The molecule has 0 aromatic carbocycles. The van der Waals surface area contributed by atoms with Gasteiger partial charge in [-0.1, -0.05) is 6.42 Å². The molecule has 1 amide bonds. The topological polar surface area (TPSA) is 72.9 Å². The van der Waals surface area contributed by atoms with Crippen molar-refractivity contribution in [2.24, 2.45) is 11.1 Å². The van der Waals surface area contributed by atoms with Crippen LogP contribution in [0.25, 0.3) is 0 Å². The Hall–Kier alpha value is -1.36. The number of carbonyl (C=O) groups excluding carboxylic acids is 1. The lowest BCUT2D eigenvalue weighted by Gasteiger charge is -2.40. The molecule has 1 heterocycles. The zero-order valence-corrected chi connectivity index (χ0v) is 11.5. The number of hydrogen-bond acceptors (Lipinski definition) is 3. The second-order valence-electron chi connectivity index (χ2n) is 5.59. The number of imidazole rings is 1. The van der Waals surface area contributed by atoms with Gasteiger partial charge in [0.25, 0.3) is 0 Å². The first kappa shape index (κ1) is 14.1. The Morgan fingerprint density at radius 2 is 2.26 bits per heavy atom.